The molecule has 2 heterocycles. The van der Waals surface area contributed by atoms with Crippen molar-refractivity contribution >= 4 is 15.7 Å². The van der Waals surface area contributed by atoms with Gasteiger partial charge in [-0.25, -0.2) is 8.42 Å². The van der Waals surface area contributed by atoms with Gasteiger partial charge in [-0.05, 0) is 44.0 Å². The molecule has 2 aliphatic rings. The zero-order valence-corrected chi connectivity index (χ0v) is 11.1. The summed E-state index contributed by atoms with van der Waals surface area (Å²) in [7, 11) is -3.18. The zero-order chi connectivity index (χ0) is 12.6. The minimum Gasteiger partial charge on any atom is -0.317 e. The molecule has 4 nitrogen and oxygen atoms in total. The maximum atomic E-state index is 12.6. The molecule has 1 fully saturated rings. The summed E-state index contributed by atoms with van der Waals surface area (Å²) in [5.41, 5.74) is 2.03. The van der Waals surface area contributed by atoms with Gasteiger partial charge in [0.15, 0.2) is 0 Å². The van der Waals surface area contributed by atoms with Gasteiger partial charge in [-0.15, -0.1) is 0 Å². The minimum atomic E-state index is -3.18. The van der Waals surface area contributed by atoms with E-state index in [1.165, 1.54) is 0 Å². The van der Waals surface area contributed by atoms with Crippen LogP contribution in [0.3, 0.4) is 0 Å². The summed E-state index contributed by atoms with van der Waals surface area (Å²) < 4.78 is 26.9. The summed E-state index contributed by atoms with van der Waals surface area (Å²) in [6.45, 7) is 2.21. The number of nitrogens with zero attached hydrogens (tertiary/aromatic N) is 1. The maximum Gasteiger partial charge on any atom is 0.238 e. The number of nitrogens with one attached hydrogen (secondary N) is 1. The molecule has 0 aromatic heterocycles. The third-order valence-electron chi connectivity index (χ3n) is 3.86. The molecule has 5 heteroatoms. The average Bonchev–Trinajstić information content (AvgIpc) is 2.84. The monoisotopic (exact) mass is 266 g/mol. The summed E-state index contributed by atoms with van der Waals surface area (Å²) in [6.07, 6.45) is 2.28. The first-order valence-electron chi connectivity index (χ1n) is 6.50. The van der Waals surface area contributed by atoms with Gasteiger partial charge in [0.05, 0.1) is 10.9 Å². The predicted octanol–water partition coefficient (Wildman–Crippen LogP) is 1.13. The minimum absolute atomic E-state index is 0.218. The van der Waals surface area contributed by atoms with E-state index < -0.39 is 10.0 Å². The average molecular weight is 266 g/mol. The predicted molar refractivity (Wildman–Crippen MR) is 72.3 cm³/mol. The van der Waals surface area contributed by atoms with Gasteiger partial charge in [0, 0.05) is 6.54 Å². The molecule has 1 saturated heterocycles. The Morgan fingerprint density at radius 1 is 1.17 bits per heavy atom. The Bertz CT molecular complexity index is 536. The third kappa shape index (κ3) is 1.91. The Labute approximate surface area is 108 Å². The van der Waals surface area contributed by atoms with Crippen LogP contribution in [0.5, 0.6) is 0 Å². The van der Waals surface area contributed by atoms with Crippen LogP contribution in [-0.2, 0) is 16.4 Å². The zero-order valence-electron chi connectivity index (χ0n) is 10.3. The topological polar surface area (TPSA) is 49.4 Å². The standard InChI is InChI=1S/C13H18N2O2S/c16-18(17,12-5-8-14-9-6-12)15-10-7-11-3-1-2-4-13(11)15/h1-4,12,14H,5-10H2. The number of benzene rings is 1. The molecule has 0 saturated carbocycles. The van der Waals surface area contributed by atoms with Crippen molar-refractivity contribution in [3.05, 3.63) is 29.8 Å². The molecule has 1 aromatic carbocycles. The lowest BCUT2D eigenvalue weighted by molar-refractivity contribution is 0.494. The molecule has 0 aliphatic carbocycles. The number of para-hydroxylation sites is 1. The fraction of sp³-hybridized carbons (Fsp3) is 0.538. The molecule has 0 unspecified atom stereocenters. The number of fused-ring (bicyclic) bond motifs is 1. The molecule has 98 valence electrons. The van der Waals surface area contributed by atoms with Crippen molar-refractivity contribution < 1.29 is 8.42 Å². The molecule has 1 aromatic rings. The Morgan fingerprint density at radius 2 is 1.89 bits per heavy atom. The van der Waals surface area contributed by atoms with E-state index in [1.54, 1.807) is 4.31 Å². The number of hydrogen-bond donors (Lipinski definition) is 1. The lowest BCUT2D eigenvalue weighted by Crippen LogP contribution is -2.43. The maximum absolute atomic E-state index is 12.6. The Hall–Kier alpha value is -1.07. The Kier molecular flexibility index (Phi) is 3.03. The van der Waals surface area contributed by atoms with Gasteiger partial charge in [0.2, 0.25) is 10.0 Å². The van der Waals surface area contributed by atoms with Crippen LogP contribution in [0.1, 0.15) is 18.4 Å². The normalized spacial score (nSPS) is 21.0. The van der Waals surface area contributed by atoms with Gasteiger partial charge >= 0.3 is 0 Å². The fourth-order valence-electron chi connectivity index (χ4n) is 2.85. The van der Waals surface area contributed by atoms with E-state index in [1.807, 2.05) is 24.3 Å². The second kappa shape index (κ2) is 4.55. The Morgan fingerprint density at radius 3 is 2.67 bits per heavy atom. The van der Waals surface area contributed by atoms with Crippen LogP contribution in [0.25, 0.3) is 0 Å². The number of rotatable bonds is 2. The van der Waals surface area contributed by atoms with E-state index in [-0.39, 0.29) is 5.25 Å². The van der Waals surface area contributed by atoms with Gasteiger partial charge in [-0.2, -0.15) is 0 Å². The molecule has 1 N–H and O–H groups in total. The second-order valence-electron chi connectivity index (χ2n) is 4.95. The molecule has 0 radical (unpaired) electrons. The fourth-order valence-corrected chi connectivity index (χ4v) is 4.83. The van der Waals surface area contributed by atoms with Crippen molar-refractivity contribution in [3.8, 4) is 0 Å². The number of anilines is 1. The highest BCUT2D eigenvalue weighted by atomic mass is 32.2. The van der Waals surface area contributed by atoms with Crippen molar-refractivity contribution in [2.24, 2.45) is 0 Å². The first kappa shape index (κ1) is 12.0. The highest BCUT2D eigenvalue weighted by Crippen LogP contribution is 2.32. The van der Waals surface area contributed by atoms with Crippen LogP contribution >= 0.6 is 0 Å². The van der Waals surface area contributed by atoms with Gasteiger partial charge in [-0.1, -0.05) is 18.2 Å². The quantitative estimate of drug-likeness (QED) is 0.873. The van der Waals surface area contributed by atoms with E-state index in [2.05, 4.69) is 5.32 Å². The summed E-state index contributed by atoms with van der Waals surface area (Å²) in [6, 6.07) is 7.82. The first-order chi connectivity index (χ1) is 8.69. The molecule has 3 rings (SSSR count). The smallest absolute Gasteiger partial charge is 0.238 e. The van der Waals surface area contributed by atoms with Crippen molar-refractivity contribution in [2.45, 2.75) is 24.5 Å². The van der Waals surface area contributed by atoms with Crippen molar-refractivity contribution in [3.63, 3.8) is 0 Å². The molecule has 18 heavy (non-hydrogen) atoms. The molecular weight excluding hydrogens is 248 g/mol. The van der Waals surface area contributed by atoms with E-state index in [4.69, 9.17) is 0 Å². The largest absolute Gasteiger partial charge is 0.317 e. The van der Waals surface area contributed by atoms with Crippen LogP contribution in [0.2, 0.25) is 0 Å². The number of hydrogen-bond acceptors (Lipinski definition) is 3. The van der Waals surface area contributed by atoms with E-state index in [0.29, 0.717) is 6.54 Å². The summed E-state index contributed by atoms with van der Waals surface area (Å²) in [5, 5.41) is 3.00. The highest BCUT2D eigenvalue weighted by Gasteiger charge is 2.36. The highest BCUT2D eigenvalue weighted by molar-refractivity contribution is 7.93. The van der Waals surface area contributed by atoms with Gasteiger partial charge in [0.25, 0.3) is 0 Å². The SMILES string of the molecule is O=S(=O)(C1CCNCC1)N1CCc2ccccc21. The van der Waals surface area contributed by atoms with Crippen LogP contribution in [0.4, 0.5) is 5.69 Å². The van der Waals surface area contributed by atoms with Gasteiger partial charge in [0.1, 0.15) is 0 Å². The molecule has 0 atom stereocenters. The summed E-state index contributed by atoms with van der Waals surface area (Å²) >= 11 is 0. The molecule has 2 aliphatic heterocycles. The molecule has 0 amide bonds. The molecule has 0 bridgehead atoms. The van der Waals surface area contributed by atoms with E-state index in [0.717, 1.165) is 43.6 Å². The molecule has 0 spiro atoms. The molecular formula is C13H18N2O2S. The lowest BCUT2D eigenvalue weighted by atomic mass is 10.2. The van der Waals surface area contributed by atoms with Crippen molar-refractivity contribution in [2.75, 3.05) is 23.9 Å². The summed E-state index contributed by atoms with van der Waals surface area (Å²) in [4.78, 5) is 0. The van der Waals surface area contributed by atoms with Crippen molar-refractivity contribution in [1.82, 2.24) is 5.32 Å². The van der Waals surface area contributed by atoms with Crippen LogP contribution in [0.15, 0.2) is 24.3 Å². The lowest BCUT2D eigenvalue weighted by Gasteiger charge is -2.28. The first-order valence-corrected chi connectivity index (χ1v) is 8.00. The van der Waals surface area contributed by atoms with Gasteiger partial charge in [-0.3, -0.25) is 4.31 Å². The van der Waals surface area contributed by atoms with Crippen LogP contribution in [0, 0.1) is 0 Å². The van der Waals surface area contributed by atoms with E-state index >= 15 is 0 Å². The third-order valence-corrected chi connectivity index (χ3v) is 6.17. The van der Waals surface area contributed by atoms with Crippen molar-refractivity contribution in [1.29, 1.82) is 0 Å². The number of sulfonamides is 1. The van der Waals surface area contributed by atoms with Crippen LogP contribution < -0.4 is 9.62 Å². The number of piperidine rings is 1. The van der Waals surface area contributed by atoms with Crippen LogP contribution in [-0.4, -0.2) is 33.3 Å². The van der Waals surface area contributed by atoms with Gasteiger partial charge < -0.3 is 5.32 Å². The summed E-state index contributed by atoms with van der Waals surface area (Å²) in [5.74, 6) is 0. The Balaban J connectivity index is 1.91. The second-order valence-corrected chi connectivity index (χ2v) is 7.08. The van der Waals surface area contributed by atoms with E-state index in [9.17, 15) is 8.42 Å².